The Morgan fingerprint density at radius 1 is 1.30 bits per heavy atom. The summed E-state index contributed by atoms with van der Waals surface area (Å²) in [5.74, 6) is 0.645. The van der Waals surface area contributed by atoms with Crippen molar-refractivity contribution in [2.45, 2.75) is 20.8 Å². The van der Waals surface area contributed by atoms with Crippen molar-refractivity contribution in [1.82, 2.24) is 0 Å². The molecule has 1 amide bonds. The molecule has 2 aromatic carbocycles. The molecule has 2 rings (SSSR count). The number of nitrogens with one attached hydrogen (secondary N) is 1. The number of hydrogen-bond donors (Lipinski definition) is 1. The SMILES string of the molecule is CCOc1cc(Br)c(/C=C(\C#N)C(=O)Nc2cccc(C)c2C)cc1OC. The molecule has 0 heterocycles. The summed E-state index contributed by atoms with van der Waals surface area (Å²) >= 11 is 3.45. The van der Waals surface area contributed by atoms with Gasteiger partial charge in [-0.25, -0.2) is 0 Å². The van der Waals surface area contributed by atoms with Crippen LogP contribution in [-0.2, 0) is 4.79 Å². The third-order valence-corrected chi connectivity index (χ3v) is 4.79. The minimum absolute atomic E-state index is 0.0113. The number of benzene rings is 2. The van der Waals surface area contributed by atoms with Crippen molar-refractivity contribution in [3.63, 3.8) is 0 Å². The second-order valence-electron chi connectivity index (χ2n) is 5.83. The largest absolute Gasteiger partial charge is 0.493 e. The van der Waals surface area contributed by atoms with E-state index in [1.165, 1.54) is 13.2 Å². The molecule has 27 heavy (non-hydrogen) atoms. The highest BCUT2D eigenvalue weighted by Crippen LogP contribution is 2.34. The predicted octanol–water partition coefficient (Wildman–Crippen LogP) is 5.02. The van der Waals surface area contributed by atoms with Gasteiger partial charge in [0.1, 0.15) is 11.6 Å². The monoisotopic (exact) mass is 428 g/mol. The van der Waals surface area contributed by atoms with Crippen LogP contribution in [0.2, 0.25) is 0 Å². The Labute approximate surface area is 167 Å². The normalized spacial score (nSPS) is 10.9. The van der Waals surface area contributed by atoms with E-state index in [4.69, 9.17) is 9.47 Å². The molecule has 0 aliphatic rings. The summed E-state index contributed by atoms with van der Waals surface area (Å²) in [4.78, 5) is 12.6. The molecular weight excluding hydrogens is 408 g/mol. The molecule has 0 unspecified atom stereocenters. The van der Waals surface area contributed by atoms with Gasteiger partial charge in [0.2, 0.25) is 0 Å². The number of ether oxygens (including phenoxy) is 2. The quantitative estimate of drug-likeness (QED) is 0.517. The van der Waals surface area contributed by atoms with E-state index in [-0.39, 0.29) is 5.57 Å². The number of carbonyl (C=O) groups excluding carboxylic acids is 1. The molecule has 1 N–H and O–H groups in total. The van der Waals surface area contributed by atoms with E-state index >= 15 is 0 Å². The molecule has 0 saturated carbocycles. The van der Waals surface area contributed by atoms with Gasteiger partial charge in [0.25, 0.3) is 5.91 Å². The van der Waals surface area contributed by atoms with Gasteiger partial charge in [-0.2, -0.15) is 5.26 Å². The highest BCUT2D eigenvalue weighted by molar-refractivity contribution is 9.10. The van der Waals surface area contributed by atoms with Gasteiger partial charge in [0, 0.05) is 10.2 Å². The average molecular weight is 429 g/mol. The van der Waals surface area contributed by atoms with Crippen LogP contribution in [0.25, 0.3) is 6.08 Å². The smallest absolute Gasteiger partial charge is 0.266 e. The number of anilines is 1. The lowest BCUT2D eigenvalue weighted by molar-refractivity contribution is -0.112. The first kappa shape index (κ1) is 20.5. The van der Waals surface area contributed by atoms with E-state index < -0.39 is 5.91 Å². The molecule has 6 heteroatoms. The molecule has 0 radical (unpaired) electrons. The summed E-state index contributed by atoms with van der Waals surface area (Å²) in [5.41, 5.74) is 3.34. The Hall–Kier alpha value is -2.78. The highest BCUT2D eigenvalue weighted by atomic mass is 79.9. The fourth-order valence-corrected chi connectivity index (χ4v) is 2.91. The average Bonchev–Trinajstić information content (AvgIpc) is 2.65. The van der Waals surface area contributed by atoms with Crippen LogP contribution in [0, 0.1) is 25.2 Å². The van der Waals surface area contributed by atoms with Gasteiger partial charge >= 0.3 is 0 Å². The minimum atomic E-state index is -0.467. The topological polar surface area (TPSA) is 71.3 Å². The zero-order valence-electron chi connectivity index (χ0n) is 15.7. The number of methoxy groups -OCH3 is 1. The molecule has 0 aliphatic carbocycles. The Morgan fingerprint density at radius 3 is 2.67 bits per heavy atom. The second kappa shape index (κ2) is 9.24. The molecule has 0 atom stereocenters. The summed E-state index contributed by atoms with van der Waals surface area (Å²) in [5, 5.41) is 12.3. The number of carbonyl (C=O) groups is 1. The van der Waals surface area contributed by atoms with Crippen LogP contribution in [-0.4, -0.2) is 19.6 Å². The van der Waals surface area contributed by atoms with Gasteiger partial charge in [-0.15, -0.1) is 0 Å². The third kappa shape index (κ3) is 4.89. The van der Waals surface area contributed by atoms with Gasteiger partial charge in [0.05, 0.1) is 13.7 Å². The molecule has 0 saturated heterocycles. The molecule has 0 bridgehead atoms. The fraction of sp³-hybridized carbons (Fsp3) is 0.238. The number of rotatable bonds is 6. The van der Waals surface area contributed by atoms with Crippen LogP contribution in [0.1, 0.15) is 23.6 Å². The van der Waals surface area contributed by atoms with Crippen molar-refractivity contribution < 1.29 is 14.3 Å². The van der Waals surface area contributed by atoms with E-state index in [1.807, 2.05) is 45.0 Å². The van der Waals surface area contributed by atoms with E-state index in [0.29, 0.717) is 33.8 Å². The van der Waals surface area contributed by atoms with Gasteiger partial charge in [-0.1, -0.05) is 28.1 Å². The summed E-state index contributed by atoms with van der Waals surface area (Å²) in [6, 6.07) is 11.1. The second-order valence-corrected chi connectivity index (χ2v) is 6.68. The van der Waals surface area contributed by atoms with Gasteiger partial charge in [-0.3, -0.25) is 4.79 Å². The van der Waals surface area contributed by atoms with Crippen molar-refractivity contribution in [2.24, 2.45) is 0 Å². The van der Waals surface area contributed by atoms with Crippen LogP contribution < -0.4 is 14.8 Å². The van der Waals surface area contributed by atoms with Crippen molar-refractivity contribution in [1.29, 1.82) is 5.26 Å². The fourth-order valence-electron chi connectivity index (χ4n) is 2.47. The Kier molecular flexibility index (Phi) is 7.03. The van der Waals surface area contributed by atoms with Crippen LogP contribution in [0.15, 0.2) is 40.4 Å². The van der Waals surface area contributed by atoms with E-state index in [1.54, 1.807) is 12.1 Å². The Bertz CT molecular complexity index is 930. The molecular formula is C21H21BrN2O3. The predicted molar refractivity (Wildman–Crippen MR) is 110 cm³/mol. The zero-order chi connectivity index (χ0) is 20.0. The Morgan fingerprint density at radius 2 is 2.04 bits per heavy atom. The number of hydrogen-bond acceptors (Lipinski definition) is 4. The van der Waals surface area contributed by atoms with Crippen molar-refractivity contribution in [3.05, 3.63) is 57.1 Å². The first-order chi connectivity index (χ1) is 12.9. The summed E-state index contributed by atoms with van der Waals surface area (Å²) < 4.78 is 11.6. The van der Waals surface area contributed by atoms with Crippen LogP contribution >= 0.6 is 15.9 Å². The standard InChI is InChI=1S/C21H21BrN2O3/c1-5-27-20-11-17(22)15(10-19(20)26-4)9-16(12-23)21(25)24-18-8-6-7-13(2)14(18)3/h6-11H,5H2,1-4H3,(H,24,25)/b16-9+. The number of aryl methyl sites for hydroxylation is 1. The maximum atomic E-state index is 12.6. The molecule has 0 aliphatic heterocycles. The maximum absolute atomic E-state index is 12.6. The first-order valence-electron chi connectivity index (χ1n) is 8.41. The summed E-state index contributed by atoms with van der Waals surface area (Å²) in [6.07, 6.45) is 1.52. The number of amides is 1. The van der Waals surface area contributed by atoms with Crippen molar-refractivity contribution in [2.75, 3.05) is 19.0 Å². The molecule has 2 aromatic rings. The molecule has 140 valence electrons. The van der Waals surface area contributed by atoms with Crippen LogP contribution in [0.3, 0.4) is 0 Å². The number of nitrogens with zero attached hydrogens (tertiary/aromatic N) is 1. The number of nitriles is 1. The van der Waals surface area contributed by atoms with Gasteiger partial charge in [0.15, 0.2) is 11.5 Å². The Balaban J connectivity index is 2.36. The zero-order valence-corrected chi connectivity index (χ0v) is 17.3. The summed E-state index contributed by atoms with van der Waals surface area (Å²) in [6.45, 7) is 6.27. The maximum Gasteiger partial charge on any atom is 0.266 e. The minimum Gasteiger partial charge on any atom is -0.493 e. The van der Waals surface area contributed by atoms with E-state index in [2.05, 4.69) is 21.2 Å². The third-order valence-electron chi connectivity index (χ3n) is 4.10. The number of halogens is 1. The lowest BCUT2D eigenvalue weighted by atomic mass is 10.1. The van der Waals surface area contributed by atoms with E-state index in [9.17, 15) is 10.1 Å². The van der Waals surface area contributed by atoms with Crippen LogP contribution in [0.5, 0.6) is 11.5 Å². The molecule has 0 aromatic heterocycles. The van der Waals surface area contributed by atoms with Crippen molar-refractivity contribution in [3.8, 4) is 17.6 Å². The molecule has 0 spiro atoms. The van der Waals surface area contributed by atoms with Crippen molar-refractivity contribution >= 4 is 33.6 Å². The highest BCUT2D eigenvalue weighted by Gasteiger charge is 2.14. The molecule has 0 fully saturated rings. The van der Waals surface area contributed by atoms with E-state index in [0.717, 1.165) is 11.1 Å². The first-order valence-corrected chi connectivity index (χ1v) is 9.20. The summed E-state index contributed by atoms with van der Waals surface area (Å²) in [7, 11) is 1.54. The molecule has 5 nitrogen and oxygen atoms in total. The van der Waals surface area contributed by atoms with Crippen LogP contribution in [0.4, 0.5) is 5.69 Å². The lowest BCUT2D eigenvalue weighted by Crippen LogP contribution is -2.14. The van der Waals surface area contributed by atoms with Gasteiger partial charge < -0.3 is 14.8 Å². The lowest BCUT2D eigenvalue weighted by Gasteiger charge is -2.12. The van der Waals surface area contributed by atoms with Gasteiger partial charge in [-0.05, 0) is 61.7 Å².